The molecule has 0 bridgehead atoms. The van der Waals surface area contributed by atoms with E-state index in [1.54, 1.807) is 19.2 Å². The van der Waals surface area contributed by atoms with Crippen molar-refractivity contribution in [3.8, 4) is 0 Å². The van der Waals surface area contributed by atoms with E-state index in [9.17, 15) is 9.18 Å². The van der Waals surface area contributed by atoms with Gasteiger partial charge in [-0.15, -0.1) is 0 Å². The van der Waals surface area contributed by atoms with Crippen LogP contribution in [0.2, 0.25) is 5.02 Å². The molecule has 1 aromatic carbocycles. The maximum absolute atomic E-state index is 13.9. The third-order valence-corrected chi connectivity index (χ3v) is 4.45. The molecule has 1 aliphatic heterocycles. The largest absolute Gasteiger partial charge is 0.383 e. The van der Waals surface area contributed by atoms with Crippen LogP contribution in [0.15, 0.2) is 18.2 Å². The number of nitrogens with one attached hydrogen (secondary N) is 1. The van der Waals surface area contributed by atoms with Gasteiger partial charge in [0.05, 0.1) is 13.2 Å². The first-order valence-electron chi connectivity index (χ1n) is 8.15. The number of methoxy groups -OCH3 is 1. The molecule has 7 heteroatoms. The third-order valence-electron chi connectivity index (χ3n) is 4.10. The molecule has 1 amide bonds. The second-order valence-corrected chi connectivity index (χ2v) is 6.58. The van der Waals surface area contributed by atoms with Gasteiger partial charge in [0, 0.05) is 56.5 Å². The first kappa shape index (κ1) is 19.1. The van der Waals surface area contributed by atoms with Crippen LogP contribution in [0.25, 0.3) is 0 Å². The molecule has 0 aromatic heterocycles. The fourth-order valence-electron chi connectivity index (χ4n) is 2.83. The molecule has 1 unspecified atom stereocenters. The van der Waals surface area contributed by atoms with E-state index in [4.69, 9.17) is 16.3 Å². The van der Waals surface area contributed by atoms with E-state index in [1.165, 1.54) is 6.07 Å². The van der Waals surface area contributed by atoms with Crippen LogP contribution >= 0.6 is 11.6 Å². The van der Waals surface area contributed by atoms with Gasteiger partial charge in [-0.05, 0) is 19.1 Å². The Labute approximate surface area is 147 Å². The number of rotatable bonds is 7. The predicted octanol–water partition coefficient (Wildman–Crippen LogP) is 1.75. The summed E-state index contributed by atoms with van der Waals surface area (Å²) in [5.41, 5.74) is 0.541. The van der Waals surface area contributed by atoms with Crippen LogP contribution in [-0.4, -0.2) is 68.2 Å². The predicted molar refractivity (Wildman–Crippen MR) is 92.6 cm³/mol. The molecular weight excluding hydrogens is 333 g/mol. The monoisotopic (exact) mass is 357 g/mol. The topological polar surface area (TPSA) is 44.8 Å². The summed E-state index contributed by atoms with van der Waals surface area (Å²) in [4.78, 5) is 16.2. The lowest BCUT2D eigenvalue weighted by molar-refractivity contribution is -0.123. The number of carbonyl (C=O) groups is 1. The summed E-state index contributed by atoms with van der Waals surface area (Å²) in [7, 11) is 1.61. The van der Waals surface area contributed by atoms with Gasteiger partial charge in [-0.1, -0.05) is 17.7 Å². The van der Waals surface area contributed by atoms with Crippen LogP contribution in [0.4, 0.5) is 4.39 Å². The third kappa shape index (κ3) is 5.70. The Morgan fingerprint density at radius 3 is 2.62 bits per heavy atom. The number of carbonyl (C=O) groups excluding carboxylic acids is 1. The summed E-state index contributed by atoms with van der Waals surface area (Å²) in [6.45, 7) is 6.41. The van der Waals surface area contributed by atoms with Gasteiger partial charge in [-0.2, -0.15) is 0 Å². The van der Waals surface area contributed by atoms with Crippen molar-refractivity contribution in [1.29, 1.82) is 0 Å². The molecule has 0 saturated carbocycles. The van der Waals surface area contributed by atoms with Crippen LogP contribution < -0.4 is 5.32 Å². The maximum Gasteiger partial charge on any atom is 0.234 e. The van der Waals surface area contributed by atoms with Crippen LogP contribution in [0.5, 0.6) is 0 Å². The molecule has 1 N–H and O–H groups in total. The highest BCUT2D eigenvalue weighted by molar-refractivity contribution is 6.31. The molecule has 1 heterocycles. The molecule has 0 spiro atoms. The number of amides is 1. The van der Waals surface area contributed by atoms with Crippen molar-refractivity contribution in [1.82, 2.24) is 15.1 Å². The number of benzene rings is 1. The SMILES string of the molecule is COCC(C)NC(=O)CN1CCN(Cc2c(F)cccc2Cl)CC1. The highest BCUT2D eigenvalue weighted by Crippen LogP contribution is 2.21. The van der Waals surface area contributed by atoms with E-state index in [1.807, 2.05) is 6.92 Å². The van der Waals surface area contributed by atoms with Crippen molar-refractivity contribution in [2.45, 2.75) is 19.5 Å². The van der Waals surface area contributed by atoms with Gasteiger partial charge < -0.3 is 10.1 Å². The Morgan fingerprint density at radius 2 is 2.00 bits per heavy atom. The molecule has 1 aliphatic rings. The zero-order valence-corrected chi connectivity index (χ0v) is 15.0. The standard InChI is InChI=1S/C17H25ClFN3O2/c1-13(12-24-2)20-17(23)11-22-8-6-21(7-9-22)10-14-15(18)4-3-5-16(14)19/h3-5,13H,6-12H2,1-2H3,(H,20,23). The molecule has 0 radical (unpaired) electrons. The highest BCUT2D eigenvalue weighted by Gasteiger charge is 2.21. The average Bonchev–Trinajstić information content (AvgIpc) is 2.53. The molecule has 1 saturated heterocycles. The Morgan fingerprint density at radius 1 is 1.33 bits per heavy atom. The lowest BCUT2D eigenvalue weighted by atomic mass is 10.2. The molecule has 24 heavy (non-hydrogen) atoms. The quantitative estimate of drug-likeness (QED) is 0.807. The van der Waals surface area contributed by atoms with Gasteiger partial charge >= 0.3 is 0 Å². The van der Waals surface area contributed by atoms with Gasteiger partial charge in [0.15, 0.2) is 0 Å². The van der Waals surface area contributed by atoms with Crippen LogP contribution in [0.3, 0.4) is 0 Å². The van der Waals surface area contributed by atoms with Crippen LogP contribution in [0, 0.1) is 5.82 Å². The number of halogens is 2. The Bertz CT molecular complexity index is 530. The van der Waals surface area contributed by atoms with Gasteiger partial charge in [0.1, 0.15) is 5.82 Å². The number of hydrogen-bond donors (Lipinski definition) is 1. The number of piperazine rings is 1. The van der Waals surface area contributed by atoms with E-state index in [-0.39, 0.29) is 17.8 Å². The normalized spacial score (nSPS) is 17.7. The maximum atomic E-state index is 13.9. The zero-order valence-electron chi connectivity index (χ0n) is 14.2. The number of nitrogens with zero attached hydrogens (tertiary/aromatic N) is 2. The fourth-order valence-corrected chi connectivity index (χ4v) is 3.05. The van der Waals surface area contributed by atoms with E-state index in [0.717, 1.165) is 26.2 Å². The average molecular weight is 358 g/mol. The van der Waals surface area contributed by atoms with Crippen molar-refractivity contribution >= 4 is 17.5 Å². The lowest BCUT2D eigenvalue weighted by Gasteiger charge is -2.34. The summed E-state index contributed by atoms with van der Waals surface area (Å²) < 4.78 is 18.9. The minimum Gasteiger partial charge on any atom is -0.383 e. The Hall–Kier alpha value is -1.21. The Balaban J connectivity index is 1.76. The summed E-state index contributed by atoms with van der Waals surface area (Å²) in [6, 6.07) is 4.76. The van der Waals surface area contributed by atoms with E-state index in [2.05, 4.69) is 15.1 Å². The van der Waals surface area contributed by atoms with Gasteiger partial charge in [0.2, 0.25) is 5.91 Å². The van der Waals surface area contributed by atoms with Gasteiger partial charge in [-0.3, -0.25) is 14.6 Å². The molecule has 1 fully saturated rings. The molecule has 0 aliphatic carbocycles. The molecule has 1 atom stereocenters. The molecular formula is C17H25ClFN3O2. The van der Waals surface area contributed by atoms with Crippen molar-refractivity contribution < 1.29 is 13.9 Å². The van der Waals surface area contributed by atoms with Gasteiger partial charge in [-0.25, -0.2) is 4.39 Å². The van der Waals surface area contributed by atoms with Gasteiger partial charge in [0.25, 0.3) is 0 Å². The first-order valence-corrected chi connectivity index (χ1v) is 8.53. The smallest absolute Gasteiger partial charge is 0.234 e. The second kappa shape index (κ2) is 9.32. The molecule has 5 nitrogen and oxygen atoms in total. The molecule has 134 valence electrons. The lowest BCUT2D eigenvalue weighted by Crippen LogP contribution is -2.50. The van der Waals surface area contributed by atoms with Crippen LogP contribution in [0.1, 0.15) is 12.5 Å². The summed E-state index contributed by atoms with van der Waals surface area (Å²) >= 11 is 6.08. The highest BCUT2D eigenvalue weighted by atomic mass is 35.5. The molecule has 1 aromatic rings. The van der Waals surface area contributed by atoms with E-state index >= 15 is 0 Å². The van der Waals surface area contributed by atoms with Crippen molar-refractivity contribution in [3.05, 3.63) is 34.6 Å². The Kier molecular flexibility index (Phi) is 7.42. The molecule has 2 rings (SSSR count). The van der Waals surface area contributed by atoms with Crippen molar-refractivity contribution in [2.24, 2.45) is 0 Å². The first-order chi connectivity index (χ1) is 11.5. The van der Waals surface area contributed by atoms with E-state index < -0.39 is 0 Å². The number of hydrogen-bond acceptors (Lipinski definition) is 4. The summed E-state index contributed by atoms with van der Waals surface area (Å²) in [5.74, 6) is -0.262. The van der Waals surface area contributed by atoms with Crippen molar-refractivity contribution in [3.63, 3.8) is 0 Å². The minimum absolute atomic E-state index is 0.00477. The van der Waals surface area contributed by atoms with Crippen molar-refractivity contribution in [2.75, 3.05) is 46.4 Å². The van der Waals surface area contributed by atoms with E-state index in [0.29, 0.717) is 30.3 Å². The zero-order chi connectivity index (χ0) is 17.5. The second-order valence-electron chi connectivity index (χ2n) is 6.18. The summed E-state index contributed by atoms with van der Waals surface area (Å²) in [5, 5.41) is 3.37. The minimum atomic E-state index is -0.267. The fraction of sp³-hybridized carbons (Fsp3) is 0.588. The number of ether oxygens (including phenoxy) is 1. The van der Waals surface area contributed by atoms with Crippen LogP contribution in [-0.2, 0) is 16.1 Å². The summed E-state index contributed by atoms with van der Waals surface area (Å²) in [6.07, 6.45) is 0.